The van der Waals surface area contributed by atoms with Crippen LogP contribution in [0.15, 0.2) is 36.4 Å². The Bertz CT molecular complexity index is 625. The van der Waals surface area contributed by atoms with E-state index in [0.29, 0.717) is 6.61 Å². The van der Waals surface area contributed by atoms with Crippen LogP contribution in [0.5, 0.6) is 5.75 Å². The van der Waals surface area contributed by atoms with Crippen LogP contribution in [-0.4, -0.2) is 13.7 Å². The van der Waals surface area contributed by atoms with Gasteiger partial charge in [-0.15, -0.1) is 0 Å². The number of aryl methyl sites for hydroxylation is 2. The molecule has 1 unspecified atom stereocenters. The van der Waals surface area contributed by atoms with E-state index in [2.05, 4.69) is 18.3 Å². The SMILES string of the molecule is CCOc1ccc(C)cc1C(NC)c1ccc(F)cc1C. The molecule has 0 fully saturated rings. The number of hydrogen-bond acceptors (Lipinski definition) is 2. The van der Waals surface area contributed by atoms with E-state index >= 15 is 0 Å². The second kappa shape index (κ2) is 6.72. The highest BCUT2D eigenvalue weighted by Crippen LogP contribution is 2.32. The largest absolute Gasteiger partial charge is 0.494 e. The maximum Gasteiger partial charge on any atom is 0.124 e. The number of nitrogens with one attached hydrogen (secondary N) is 1. The van der Waals surface area contributed by atoms with Crippen molar-refractivity contribution < 1.29 is 9.13 Å². The van der Waals surface area contributed by atoms with Crippen LogP contribution >= 0.6 is 0 Å². The maximum atomic E-state index is 13.3. The van der Waals surface area contributed by atoms with Crippen LogP contribution < -0.4 is 10.1 Å². The van der Waals surface area contributed by atoms with Gasteiger partial charge in [-0.2, -0.15) is 0 Å². The fraction of sp³-hybridized carbons (Fsp3) is 0.333. The van der Waals surface area contributed by atoms with Crippen LogP contribution in [0, 0.1) is 19.7 Å². The van der Waals surface area contributed by atoms with Crippen molar-refractivity contribution in [2.75, 3.05) is 13.7 Å². The lowest BCUT2D eigenvalue weighted by Gasteiger charge is -2.22. The molecular formula is C18H22FNO. The smallest absolute Gasteiger partial charge is 0.124 e. The molecule has 0 aliphatic rings. The minimum Gasteiger partial charge on any atom is -0.494 e. The van der Waals surface area contributed by atoms with Crippen LogP contribution in [0.2, 0.25) is 0 Å². The van der Waals surface area contributed by atoms with Gasteiger partial charge in [0.15, 0.2) is 0 Å². The molecule has 21 heavy (non-hydrogen) atoms. The Kier molecular flexibility index (Phi) is 4.97. The molecular weight excluding hydrogens is 265 g/mol. The third kappa shape index (κ3) is 3.42. The Hall–Kier alpha value is -1.87. The molecule has 2 aromatic rings. The fourth-order valence-electron chi connectivity index (χ4n) is 2.62. The number of halogens is 1. The molecule has 1 atom stereocenters. The van der Waals surface area contributed by atoms with Gasteiger partial charge in [0.1, 0.15) is 11.6 Å². The molecule has 0 saturated heterocycles. The van der Waals surface area contributed by atoms with Crippen molar-refractivity contribution in [2.45, 2.75) is 26.8 Å². The van der Waals surface area contributed by atoms with E-state index in [0.717, 1.165) is 22.4 Å². The first-order valence-corrected chi connectivity index (χ1v) is 7.23. The van der Waals surface area contributed by atoms with E-state index in [1.807, 2.05) is 39.1 Å². The number of rotatable bonds is 5. The van der Waals surface area contributed by atoms with Gasteiger partial charge in [0.2, 0.25) is 0 Å². The summed E-state index contributed by atoms with van der Waals surface area (Å²) in [5, 5.41) is 3.32. The van der Waals surface area contributed by atoms with E-state index in [9.17, 15) is 4.39 Å². The molecule has 0 aromatic heterocycles. The summed E-state index contributed by atoms with van der Waals surface area (Å²) in [6.45, 7) is 6.58. The lowest BCUT2D eigenvalue weighted by molar-refractivity contribution is 0.334. The number of hydrogen-bond donors (Lipinski definition) is 1. The zero-order valence-electron chi connectivity index (χ0n) is 13.0. The lowest BCUT2D eigenvalue weighted by Crippen LogP contribution is -2.20. The summed E-state index contributed by atoms with van der Waals surface area (Å²) in [5.74, 6) is 0.659. The summed E-state index contributed by atoms with van der Waals surface area (Å²) in [6.07, 6.45) is 0. The van der Waals surface area contributed by atoms with Gasteiger partial charge in [-0.1, -0.05) is 23.8 Å². The highest BCUT2D eigenvalue weighted by molar-refractivity contribution is 5.45. The molecule has 3 heteroatoms. The van der Waals surface area contributed by atoms with E-state index < -0.39 is 0 Å². The van der Waals surface area contributed by atoms with Gasteiger partial charge >= 0.3 is 0 Å². The second-order valence-corrected chi connectivity index (χ2v) is 5.20. The van der Waals surface area contributed by atoms with Gasteiger partial charge in [-0.05, 0) is 57.1 Å². The lowest BCUT2D eigenvalue weighted by atomic mass is 9.93. The van der Waals surface area contributed by atoms with E-state index in [-0.39, 0.29) is 11.9 Å². The summed E-state index contributed by atoms with van der Waals surface area (Å²) in [4.78, 5) is 0. The second-order valence-electron chi connectivity index (χ2n) is 5.20. The van der Waals surface area contributed by atoms with Gasteiger partial charge in [0.05, 0.1) is 12.6 Å². The maximum absolute atomic E-state index is 13.3. The third-order valence-electron chi connectivity index (χ3n) is 3.61. The van der Waals surface area contributed by atoms with Crippen LogP contribution in [0.3, 0.4) is 0 Å². The molecule has 0 aliphatic carbocycles. The average Bonchev–Trinajstić information content (AvgIpc) is 2.45. The van der Waals surface area contributed by atoms with E-state index in [1.165, 1.54) is 11.6 Å². The molecule has 2 nitrogen and oxygen atoms in total. The minimum atomic E-state index is -0.208. The molecule has 0 radical (unpaired) electrons. The average molecular weight is 287 g/mol. The van der Waals surface area contributed by atoms with Crippen LogP contribution in [0.4, 0.5) is 4.39 Å². The van der Waals surface area contributed by atoms with E-state index in [1.54, 1.807) is 6.07 Å². The van der Waals surface area contributed by atoms with Crippen LogP contribution in [0.25, 0.3) is 0 Å². The molecule has 2 rings (SSSR count). The molecule has 2 aromatic carbocycles. The Morgan fingerprint density at radius 2 is 1.86 bits per heavy atom. The topological polar surface area (TPSA) is 21.3 Å². The van der Waals surface area contributed by atoms with Crippen molar-refractivity contribution in [3.05, 3.63) is 64.5 Å². The fourth-order valence-corrected chi connectivity index (χ4v) is 2.62. The quantitative estimate of drug-likeness (QED) is 0.892. The van der Waals surface area contributed by atoms with Gasteiger partial charge in [0.25, 0.3) is 0 Å². The normalized spacial score (nSPS) is 12.2. The highest BCUT2D eigenvalue weighted by atomic mass is 19.1. The van der Waals surface area contributed by atoms with Crippen molar-refractivity contribution in [3.63, 3.8) is 0 Å². The predicted molar refractivity (Wildman–Crippen MR) is 84.4 cm³/mol. The van der Waals surface area contributed by atoms with Gasteiger partial charge < -0.3 is 10.1 Å². The van der Waals surface area contributed by atoms with Crippen molar-refractivity contribution >= 4 is 0 Å². The number of ether oxygens (including phenoxy) is 1. The Morgan fingerprint density at radius 3 is 2.48 bits per heavy atom. The summed E-state index contributed by atoms with van der Waals surface area (Å²) in [6, 6.07) is 11.0. The Balaban J connectivity index is 2.52. The monoisotopic (exact) mass is 287 g/mol. The summed E-state index contributed by atoms with van der Waals surface area (Å²) in [5.41, 5.74) is 4.24. The zero-order chi connectivity index (χ0) is 15.4. The first kappa shape index (κ1) is 15.5. The van der Waals surface area contributed by atoms with Gasteiger partial charge in [0, 0.05) is 5.56 Å². The number of benzene rings is 2. The molecule has 0 bridgehead atoms. The predicted octanol–water partition coefficient (Wildman–Crippen LogP) is 4.15. The Labute approximate surface area is 126 Å². The van der Waals surface area contributed by atoms with Crippen molar-refractivity contribution in [2.24, 2.45) is 0 Å². The molecule has 0 spiro atoms. The highest BCUT2D eigenvalue weighted by Gasteiger charge is 2.19. The van der Waals surface area contributed by atoms with Crippen molar-refractivity contribution in [1.82, 2.24) is 5.32 Å². The molecule has 0 saturated carbocycles. The molecule has 0 aliphatic heterocycles. The van der Waals surface area contributed by atoms with Gasteiger partial charge in [-0.3, -0.25) is 0 Å². The standard InChI is InChI=1S/C18H22FNO/c1-5-21-17-9-6-12(2)10-16(17)18(20-4)15-8-7-14(19)11-13(15)3/h6-11,18,20H,5H2,1-4H3. The minimum absolute atomic E-state index is 0.0213. The molecule has 0 amide bonds. The van der Waals surface area contributed by atoms with Crippen molar-refractivity contribution in [1.29, 1.82) is 0 Å². The molecule has 0 heterocycles. The van der Waals surface area contributed by atoms with Gasteiger partial charge in [-0.25, -0.2) is 4.39 Å². The third-order valence-corrected chi connectivity index (χ3v) is 3.61. The van der Waals surface area contributed by atoms with Crippen LogP contribution in [0.1, 0.15) is 35.2 Å². The molecule has 112 valence electrons. The molecule has 1 N–H and O–H groups in total. The first-order valence-electron chi connectivity index (χ1n) is 7.23. The zero-order valence-corrected chi connectivity index (χ0v) is 13.0. The van der Waals surface area contributed by atoms with Crippen molar-refractivity contribution in [3.8, 4) is 5.75 Å². The van der Waals surface area contributed by atoms with Crippen LogP contribution in [-0.2, 0) is 0 Å². The summed E-state index contributed by atoms with van der Waals surface area (Å²) >= 11 is 0. The summed E-state index contributed by atoms with van der Waals surface area (Å²) < 4.78 is 19.1. The van der Waals surface area contributed by atoms with E-state index in [4.69, 9.17) is 4.74 Å². The Morgan fingerprint density at radius 1 is 1.10 bits per heavy atom. The first-order chi connectivity index (χ1) is 10.1. The summed E-state index contributed by atoms with van der Waals surface area (Å²) in [7, 11) is 1.91.